The van der Waals surface area contributed by atoms with E-state index in [0.29, 0.717) is 15.0 Å². The van der Waals surface area contributed by atoms with Gasteiger partial charge in [0.2, 0.25) is 0 Å². The normalized spacial score (nSPS) is 9.95. The van der Waals surface area contributed by atoms with Gasteiger partial charge in [-0.3, -0.25) is 0 Å². The van der Waals surface area contributed by atoms with Crippen molar-refractivity contribution in [2.24, 2.45) is 0 Å². The van der Waals surface area contributed by atoms with Crippen molar-refractivity contribution >= 4 is 39.9 Å². The average Bonchev–Trinajstić information content (AvgIpc) is 2.41. The van der Waals surface area contributed by atoms with Crippen molar-refractivity contribution in [3.8, 4) is 11.1 Å². The first-order valence-electron chi connectivity index (χ1n) is 6.30. The molecule has 0 fully saturated rings. The molecule has 0 atom stereocenters. The van der Waals surface area contributed by atoms with E-state index in [4.69, 9.17) is 0 Å². The molecule has 0 aromatic heterocycles. The van der Waals surface area contributed by atoms with Crippen LogP contribution in [0.15, 0.2) is 48.5 Å². The van der Waals surface area contributed by atoms with Crippen LogP contribution in [0, 0.1) is 0 Å². The van der Waals surface area contributed by atoms with Gasteiger partial charge in [0.25, 0.3) is 0 Å². The number of hydrogen-bond donors (Lipinski definition) is 0. The Labute approximate surface area is 142 Å². The van der Waals surface area contributed by atoms with Crippen molar-refractivity contribution in [2.75, 3.05) is 0 Å². The van der Waals surface area contributed by atoms with Gasteiger partial charge >= 0.3 is 143 Å². The summed E-state index contributed by atoms with van der Waals surface area (Å²) in [4.78, 5) is 0. The quantitative estimate of drug-likeness (QED) is 0.498. The van der Waals surface area contributed by atoms with Crippen LogP contribution in [0.3, 0.4) is 0 Å². The standard InChI is InChI=1S/C16H18Se2.Li/c1-2-3-12-18-16-10-6-14(7-11-16)13-4-8-15(17)9-5-13;/h4-11,17H,2-3,12H2,1H3;/q;+1/p-1. The summed E-state index contributed by atoms with van der Waals surface area (Å²) in [6.07, 6.45) is 2.66. The first kappa shape index (κ1) is 17.1. The molecule has 94 valence electrons. The Hall–Kier alpha value is 0.0764. The molecule has 0 aliphatic heterocycles. The first-order chi connectivity index (χ1) is 8.79. The molecule has 0 nitrogen and oxygen atoms in total. The smallest absolute Gasteiger partial charge is 1.00 e. The number of unbranched alkanes of at least 4 members (excludes halogenated alkanes) is 1. The summed E-state index contributed by atoms with van der Waals surface area (Å²) in [7, 11) is 0. The molecular formula is C16H17LiSe2. The molecule has 0 aliphatic rings. The fourth-order valence-corrected chi connectivity index (χ4v) is 4.10. The maximum absolute atomic E-state index is 3.02. The van der Waals surface area contributed by atoms with E-state index < -0.39 is 0 Å². The van der Waals surface area contributed by atoms with Crippen LogP contribution in [-0.4, -0.2) is 31.0 Å². The molecule has 0 heterocycles. The fraction of sp³-hybridized carbons (Fsp3) is 0.250. The minimum atomic E-state index is 0. The Morgan fingerprint density at radius 2 is 1.42 bits per heavy atom. The van der Waals surface area contributed by atoms with E-state index in [-0.39, 0.29) is 18.9 Å². The maximum atomic E-state index is 3.02. The van der Waals surface area contributed by atoms with Crippen LogP contribution >= 0.6 is 0 Å². The van der Waals surface area contributed by atoms with Gasteiger partial charge < -0.3 is 0 Å². The Morgan fingerprint density at radius 1 is 0.895 bits per heavy atom. The van der Waals surface area contributed by atoms with Crippen LogP contribution in [0.4, 0.5) is 0 Å². The predicted octanol–water partition coefficient (Wildman–Crippen LogP) is -0.301. The SMILES string of the molecule is CCCC[Se]c1ccc(-c2ccc([Se-])cc2)cc1.[Li+]. The Balaban J connectivity index is 0.00000180. The summed E-state index contributed by atoms with van der Waals surface area (Å²) < 4.78 is 2.71. The van der Waals surface area contributed by atoms with Crippen LogP contribution < -0.4 is 27.8 Å². The minimum absolute atomic E-state index is 0. The second-order valence-electron chi connectivity index (χ2n) is 4.25. The van der Waals surface area contributed by atoms with Gasteiger partial charge in [0, 0.05) is 0 Å². The molecule has 0 aliphatic carbocycles. The second kappa shape index (κ2) is 9.09. The molecule has 0 spiro atoms. The summed E-state index contributed by atoms with van der Waals surface area (Å²) in [5, 5.41) is 1.36. The zero-order valence-electron chi connectivity index (χ0n) is 11.6. The summed E-state index contributed by atoms with van der Waals surface area (Å²) in [5.74, 6) is 0. The molecule has 2 aromatic carbocycles. The molecule has 0 radical (unpaired) electrons. The first-order valence-corrected chi connectivity index (χ1v) is 9.22. The van der Waals surface area contributed by atoms with Crippen LogP contribution in [0.2, 0.25) is 5.32 Å². The second-order valence-corrected chi connectivity index (χ2v) is 7.69. The van der Waals surface area contributed by atoms with Crippen molar-refractivity contribution < 1.29 is 18.9 Å². The van der Waals surface area contributed by atoms with E-state index in [2.05, 4.69) is 71.5 Å². The molecule has 2 aromatic rings. The fourth-order valence-electron chi connectivity index (χ4n) is 1.73. The van der Waals surface area contributed by atoms with Crippen molar-refractivity contribution in [1.82, 2.24) is 0 Å². The minimum Gasteiger partial charge on any atom is 1.00 e. The third kappa shape index (κ3) is 5.53. The summed E-state index contributed by atoms with van der Waals surface area (Å²) in [6.45, 7) is 2.26. The van der Waals surface area contributed by atoms with Crippen LogP contribution in [0.5, 0.6) is 0 Å². The van der Waals surface area contributed by atoms with Crippen molar-refractivity contribution in [3.63, 3.8) is 0 Å². The van der Waals surface area contributed by atoms with Crippen LogP contribution in [0.25, 0.3) is 11.1 Å². The topological polar surface area (TPSA) is 0 Å². The zero-order chi connectivity index (χ0) is 12.8. The van der Waals surface area contributed by atoms with Crippen molar-refractivity contribution in [1.29, 1.82) is 0 Å². The molecule has 0 amide bonds. The van der Waals surface area contributed by atoms with Gasteiger partial charge in [-0.2, -0.15) is 0 Å². The van der Waals surface area contributed by atoms with Gasteiger partial charge in [0.15, 0.2) is 0 Å². The van der Waals surface area contributed by atoms with Crippen molar-refractivity contribution in [3.05, 3.63) is 48.5 Å². The molecule has 19 heavy (non-hydrogen) atoms. The maximum Gasteiger partial charge on any atom is 1.00 e. The zero-order valence-corrected chi connectivity index (χ0v) is 15.0. The molecule has 2 rings (SSSR count). The summed E-state index contributed by atoms with van der Waals surface area (Å²) >= 11 is 3.67. The third-order valence-electron chi connectivity index (χ3n) is 2.81. The van der Waals surface area contributed by atoms with Crippen LogP contribution in [-0.2, 0) is 0 Å². The summed E-state index contributed by atoms with van der Waals surface area (Å²) in [5.41, 5.74) is 2.60. The largest absolute Gasteiger partial charge is 1.00 e. The van der Waals surface area contributed by atoms with Crippen LogP contribution in [0.1, 0.15) is 19.8 Å². The van der Waals surface area contributed by atoms with Gasteiger partial charge in [-0.1, -0.05) is 0 Å². The number of hydrogen-bond acceptors (Lipinski definition) is 0. The molecule has 0 saturated heterocycles. The van der Waals surface area contributed by atoms with Gasteiger partial charge in [-0.05, 0) is 0 Å². The summed E-state index contributed by atoms with van der Waals surface area (Å²) in [6, 6.07) is 17.7. The number of rotatable bonds is 5. The Kier molecular flexibility index (Phi) is 8.20. The van der Waals surface area contributed by atoms with Gasteiger partial charge in [-0.25, -0.2) is 0 Å². The number of benzene rings is 2. The van der Waals surface area contributed by atoms with E-state index in [1.807, 2.05) is 0 Å². The average molecular weight is 374 g/mol. The van der Waals surface area contributed by atoms with Gasteiger partial charge in [0.05, 0.1) is 0 Å². The molecule has 0 unspecified atom stereocenters. The molecule has 0 saturated carbocycles. The predicted molar refractivity (Wildman–Crippen MR) is 82.4 cm³/mol. The Bertz CT molecular complexity index is 477. The van der Waals surface area contributed by atoms with Crippen molar-refractivity contribution in [2.45, 2.75) is 25.1 Å². The van der Waals surface area contributed by atoms with Gasteiger partial charge in [-0.15, -0.1) is 0 Å². The molecular weight excluding hydrogens is 357 g/mol. The Morgan fingerprint density at radius 3 is 1.95 bits per heavy atom. The molecule has 0 N–H and O–H groups in total. The van der Waals surface area contributed by atoms with E-state index in [1.165, 1.54) is 38.2 Å². The van der Waals surface area contributed by atoms with E-state index >= 15 is 0 Å². The van der Waals surface area contributed by atoms with E-state index in [0.717, 1.165) is 0 Å². The third-order valence-corrected chi connectivity index (χ3v) is 5.68. The monoisotopic (exact) mass is 376 g/mol. The molecule has 0 bridgehead atoms. The van der Waals surface area contributed by atoms with E-state index in [1.54, 1.807) is 0 Å². The van der Waals surface area contributed by atoms with E-state index in [9.17, 15) is 0 Å². The molecule has 3 heteroatoms. The van der Waals surface area contributed by atoms with Gasteiger partial charge in [0.1, 0.15) is 0 Å².